The lowest BCUT2D eigenvalue weighted by Gasteiger charge is -2.18. The molecule has 3 rings (SSSR count). The van der Waals surface area contributed by atoms with Gasteiger partial charge >= 0.3 is 5.97 Å². The zero-order valence-electron chi connectivity index (χ0n) is 13.2. The number of allylic oxidation sites excluding steroid dienone is 1. The van der Waals surface area contributed by atoms with Crippen molar-refractivity contribution >= 4 is 65.6 Å². The molecule has 1 heterocycles. The summed E-state index contributed by atoms with van der Waals surface area (Å²) in [4.78, 5) is 38.8. The van der Waals surface area contributed by atoms with Gasteiger partial charge in [0.1, 0.15) is 0 Å². The van der Waals surface area contributed by atoms with Crippen molar-refractivity contribution in [1.82, 2.24) is 4.90 Å². The second-order valence-corrected chi connectivity index (χ2v) is 8.43. The Bertz CT molecular complexity index is 782. The molecule has 0 spiro atoms. The number of rotatable bonds is 4. The number of amides is 2. The summed E-state index contributed by atoms with van der Waals surface area (Å²) < 4.78 is 7.46. The fraction of sp³-hybridized carbons (Fsp3) is 0.353. The molecule has 1 aromatic rings. The molecule has 1 fully saturated rings. The maximum absolute atomic E-state index is 12.8. The Balaban J connectivity index is 1.87. The smallest absolute Gasteiger partial charge is 0.334 e. The van der Waals surface area contributed by atoms with Crippen LogP contribution < -0.4 is 0 Å². The SMILES string of the molecule is CCOC(=O)C1=CC[C@@H]2C(=O)N(Cc3c(Br)cc(Br)cc3Br)C(=O)[C@H]12. The monoisotopic (exact) mass is 533 g/mol. The number of hydrogen-bond donors (Lipinski definition) is 0. The van der Waals surface area contributed by atoms with E-state index in [1.807, 2.05) is 12.1 Å². The third kappa shape index (κ3) is 3.36. The van der Waals surface area contributed by atoms with E-state index in [1.165, 1.54) is 4.90 Å². The molecule has 1 aliphatic heterocycles. The van der Waals surface area contributed by atoms with Crippen LogP contribution in [0.2, 0.25) is 0 Å². The van der Waals surface area contributed by atoms with Gasteiger partial charge in [-0.15, -0.1) is 0 Å². The van der Waals surface area contributed by atoms with Crippen molar-refractivity contribution in [2.75, 3.05) is 6.61 Å². The van der Waals surface area contributed by atoms with Gasteiger partial charge in [-0.1, -0.05) is 53.9 Å². The van der Waals surface area contributed by atoms with Gasteiger partial charge < -0.3 is 4.74 Å². The maximum atomic E-state index is 12.8. The van der Waals surface area contributed by atoms with E-state index in [1.54, 1.807) is 13.0 Å². The summed E-state index contributed by atoms with van der Waals surface area (Å²) in [6.07, 6.45) is 2.05. The summed E-state index contributed by atoms with van der Waals surface area (Å²) in [5.74, 6) is -2.32. The first-order valence-electron chi connectivity index (χ1n) is 7.71. The van der Waals surface area contributed by atoms with Crippen LogP contribution in [0.3, 0.4) is 0 Å². The molecule has 2 atom stereocenters. The van der Waals surface area contributed by atoms with Crippen molar-refractivity contribution in [3.63, 3.8) is 0 Å². The number of benzene rings is 1. The van der Waals surface area contributed by atoms with Crippen LogP contribution >= 0.6 is 47.8 Å². The Kier molecular flexibility index (Phi) is 5.51. The number of carbonyl (C=O) groups is 3. The third-order valence-corrected chi connectivity index (χ3v) is 6.25. The molecule has 5 nitrogen and oxygen atoms in total. The molecule has 0 unspecified atom stereocenters. The molecule has 2 amide bonds. The first-order valence-corrected chi connectivity index (χ1v) is 10.1. The second kappa shape index (κ2) is 7.32. The molecule has 25 heavy (non-hydrogen) atoms. The highest BCUT2D eigenvalue weighted by Crippen LogP contribution is 2.42. The standard InChI is InChI=1S/C17H14Br3NO4/c1-2-25-17(24)10-4-3-9-14(10)16(23)21(15(9)22)7-11-12(19)5-8(18)6-13(11)20/h4-6,9,14H,2-3,7H2,1H3/t9-,14-/m0/s1. The van der Waals surface area contributed by atoms with Gasteiger partial charge in [0.25, 0.3) is 0 Å². The predicted octanol–water partition coefficient (Wildman–Crippen LogP) is 3.97. The highest BCUT2D eigenvalue weighted by atomic mass is 79.9. The number of carbonyl (C=O) groups excluding carboxylic acids is 3. The van der Waals surface area contributed by atoms with Gasteiger partial charge in [0.15, 0.2) is 0 Å². The van der Waals surface area contributed by atoms with Gasteiger partial charge in [0.2, 0.25) is 11.8 Å². The Morgan fingerprint density at radius 3 is 2.44 bits per heavy atom. The minimum Gasteiger partial charge on any atom is -0.463 e. The van der Waals surface area contributed by atoms with Crippen LogP contribution in [0.5, 0.6) is 0 Å². The predicted molar refractivity (Wildman–Crippen MR) is 101 cm³/mol. The summed E-state index contributed by atoms with van der Waals surface area (Å²) in [6, 6.07) is 3.71. The van der Waals surface area contributed by atoms with Crippen molar-refractivity contribution < 1.29 is 19.1 Å². The fourth-order valence-corrected chi connectivity index (χ4v) is 5.73. The van der Waals surface area contributed by atoms with E-state index in [9.17, 15) is 14.4 Å². The summed E-state index contributed by atoms with van der Waals surface area (Å²) >= 11 is 10.3. The van der Waals surface area contributed by atoms with Crippen LogP contribution in [0, 0.1) is 11.8 Å². The fourth-order valence-electron chi connectivity index (χ4n) is 3.22. The van der Waals surface area contributed by atoms with Crippen molar-refractivity contribution in [1.29, 1.82) is 0 Å². The molecule has 0 bridgehead atoms. The number of ether oxygens (including phenoxy) is 1. The van der Waals surface area contributed by atoms with E-state index in [0.717, 1.165) is 19.0 Å². The van der Waals surface area contributed by atoms with E-state index >= 15 is 0 Å². The number of hydrogen-bond acceptors (Lipinski definition) is 4. The molecule has 0 saturated carbocycles. The van der Waals surface area contributed by atoms with Crippen LogP contribution in [0.15, 0.2) is 37.2 Å². The largest absolute Gasteiger partial charge is 0.463 e. The van der Waals surface area contributed by atoms with Crippen molar-refractivity contribution in [2.24, 2.45) is 11.8 Å². The van der Waals surface area contributed by atoms with E-state index < -0.39 is 17.8 Å². The van der Waals surface area contributed by atoms with Crippen molar-refractivity contribution in [3.8, 4) is 0 Å². The minimum absolute atomic E-state index is 0.148. The van der Waals surface area contributed by atoms with E-state index in [2.05, 4.69) is 47.8 Å². The van der Waals surface area contributed by atoms with Crippen LogP contribution in [0.25, 0.3) is 0 Å². The maximum Gasteiger partial charge on any atom is 0.334 e. The zero-order chi connectivity index (χ0) is 18.3. The van der Waals surface area contributed by atoms with Crippen LogP contribution in [0.4, 0.5) is 0 Å². The number of fused-ring (bicyclic) bond motifs is 1. The van der Waals surface area contributed by atoms with Gasteiger partial charge in [-0.2, -0.15) is 0 Å². The van der Waals surface area contributed by atoms with Gasteiger partial charge in [0, 0.05) is 24.6 Å². The Labute approximate surface area is 170 Å². The molecule has 0 aromatic heterocycles. The highest BCUT2D eigenvalue weighted by Gasteiger charge is 2.53. The third-order valence-electron chi connectivity index (χ3n) is 4.38. The summed E-state index contributed by atoms with van der Waals surface area (Å²) in [6.45, 7) is 2.09. The van der Waals surface area contributed by atoms with Crippen LogP contribution in [-0.2, 0) is 25.7 Å². The van der Waals surface area contributed by atoms with E-state index in [-0.39, 0.29) is 25.0 Å². The molecule has 1 aliphatic carbocycles. The van der Waals surface area contributed by atoms with E-state index in [0.29, 0.717) is 12.0 Å². The number of nitrogens with zero attached hydrogens (tertiary/aromatic N) is 1. The lowest BCUT2D eigenvalue weighted by molar-refractivity contribution is -0.143. The topological polar surface area (TPSA) is 63.7 Å². The molecule has 0 radical (unpaired) electrons. The Morgan fingerprint density at radius 1 is 1.20 bits per heavy atom. The molecule has 132 valence electrons. The average molecular weight is 536 g/mol. The van der Waals surface area contributed by atoms with Gasteiger partial charge in [-0.3, -0.25) is 14.5 Å². The molecule has 1 aromatic carbocycles. The number of esters is 1. The molecule has 1 saturated heterocycles. The van der Waals surface area contributed by atoms with Crippen molar-refractivity contribution in [3.05, 3.63) is 42.8 Å². The second-order valence-electron chi connectivity index (χ2n) is 5.81. The van der Waals surface area contributed by atoms with Crippen LogP contribution in [-0.4, -0.2) is 29.3 Å². The number of imide groups is 1. The van der Waals surface area contributed by atoms with Gasteiger partial charge in [-0.05, 0) is 25.5 Å². The average Bonchev–Trinajstić information content (AvgIpc) is 3.06. The summed E-state index contributed by atoms with van der Waals surface area (Å²) in [7, 11) is 0. The molecular formula is C17H14Br3NO4. The molecule has 2 aliphatic rings. The number of halogens is 3. The van der Waals surface area contributed by atoms with Crippen molar-refractivity contribution in [2.45, 2.75) is 19.9 Å². The Hall–Kier alpha value is -0.990. The zero-order valence-corrected chi connectivity index (χ0v) is 18.0. The summed E-state index contributed by atoms with van der Waals surface area (Å²) in [5.41, 5.74) is 1.10. The minimum atomic E-state index is -0.723. The first-order chi connectivity index (χ1) is 11.8. The van der Waals surface area contributed by atoms with Crippen LogP contribution in [0.1, 0.15) is 18.9 Å². The Morgan fingerprint density at radius 2 is 1.84 bits per heavy atom. The van der Waals surface area contributed by atoms with E-state index in [4.69, 9.17) is 4.74 Å². The molecule has 0 N–H and O–H groups in total. The van der Waals surface area contributed by atoms with Gasteiger partial charge in [0.05, 0.1) is 25.0 Å². The first kappa shape index (κ1) is 18.8. The summed E-state index contributed by atoms with van der Waals surface area (Å²) in [5, 5.41) is 0. The highest BCUT2D eigenvalue weighted by molar-refractivity contribution is 9.11. The molecular weight excluding hydrogens is 522 g/mol. The lowest BCUT2D eigenvalue weighted by atomic mass is 9.94. The quantitative estimate of drug-likeness (QED) is 0.432. The van der Waals surface area contributed by atoms with Gasteiger partial charge in [-0.25, -0.2) is 4.79 Å². The normalized spacial score (nSPS) is 22.2. The number of likely N-dealkylation sites (tertiary alicyclic amines) is 1. The lowest BCUT2D eigenvalue weighted by Crippen LogP contribution is -2.32. The molecule has 8 heteroatoms.